The Morgan fingerprint density at radius 1 is 1.34 bits per heavy atom. The molecule has 1 fully saturated rings. The third-order valence-electron chi connectivity index (χ3n) is 6.21. The summed E-state index contributed by atoms with van der Waals surface area (Å²) in [7, 11) is 1.94. The number of benzene rings is 1. The van der Waals surface area contributed by atoms with Gasteiger partial charge in [0.1, 0.15) is 17.3 Å². The molecular weight excluding hydrogens is 469 g/mol. The molecule has 0 aromatic heterocycles. The predicted molar refractivity (Wildman–Crippen MR) is 134 cm³/mol. The highest BCUT2D eigenvalue weighted by atomic mass is 79.9. The van der Waals surface area contributed by atoms with Crippen molar-refractivity contribution in [1.82, 2.24) is 9.80 Å². The molecule has 1 aromatic carbocycles. The van der Waals surface area contributed by atoms with Gasteiger partial charge in [0.15, 0.2) is 0 Å². The summed E-state index contributed by atoms with van der Waals surface area (Å²) in [6.07, 6.45) is 11.0. The van der Waals surface area contributed by atoms with Gasteiger partial charge in [0.05, 0.1) is 0 Å². The van der Waals surface area contributed by atoms with Crippen LogP contribution in [-0.2, 0) is 4.79 Å². The summed E-state index contributed by atoms with van der Waals surface area (Å²) in [6.45, 7) is 9.11. The fourth-order valence-electron chi connectivity index (χ4n) is 4.18. The summed E-state index contributed by atoms with van der Waals surface area (Å²) in [5.74, 6) is 0.240. The number of unbranched alkanes of at least 4 members (excludes halogenated alkanes) is 1. The minimum Gasteiger partial charge on any atom is -0.335 e. The Morgan fingerprint density at radius 3 is 2.84 bits per heavy atom. The molecule has 0 spiro atoms. The summed E-state index contributed by atoms with van der Waals surface area (Å²) in [5.41, 5.74) is 2.44. The topological polar surface area (TPSA) is 35.9 Å². The summed E-state index contributed by atoms with van der Waals surface area (Å²) in [4.78, 5) is 22.1. The largest absolute Gasteiger partial charge is 0.335 e. The van der Waals surface area contributed by atoms with E-state index in [1.165, 1.54) is 6.07 Å². The van der Waals surface area contributed by atoms with Crippen molar-refractivity contribution in [1.29, 1.82) is 0 Å². The van der Waals surface area contributed by atoms with Crippen LogP contribution in [0.5, 0.6) is 0 Å². The SMILES string of the molecule is C=C(/C=C1/N=C(C(=O)N2CCCCCC2C)C=C(CCCC)N1C)c1ccc(Br)cc1F. The fourth-order valence-corrected chi connectivity index (χ4v) is 4.51. The van der Waals surface area contributed by atoms with Gasteiger partial charge in [-0.25, -0.2) is 9.38 Å². The van der Waals surface area contributed by atoms with Crippen LogP contribution in [0.1, 0.15) is 64.4 Å². The normalized spacial score (nSPS) is 20.7. The number of allylic oxidation sites excluding steroid dienone is 3. The third-order valence-corrected chi connectivity index (χ3v) is 6.71. The average molecular weight is 502 g/mol. The second-order valence-electron chi connectivity index (χ2n) is 8.64. The Morgan fingerprint density at radius 2 is 2.12 bits per heavy atom. The zero-order valence-electron chi connectivity index (χ0n) is 19.3. The second-order valence-corrected chi connectivity index (χ2v) is 9.56. The zero-order valence-corrected chi connectivity index (χ0v) is 20.9. The van der Waals surface area contributed by atoms with Crippen LogP contribution in [0.2, 0.25) is 0 Å². The predicted octanol–water partition coefficient (Wildman–Crippen LogP) is 6.69. The number of carbonyl (C=O) groups is 1. The lowest BCUT2D eigenvalue weighted by atomic mass is 10.0. The molecule has 0 N–H and O–H groups in total. The second kappa shape index (κ2) is 11.1. The lowest BCUT2D eigenvalue weighted by Crippen LogP contribution is -2.43. The van der Waals surface area contributed by atoms with Crippen LogP contribution < -0.4 is 0 Å². The molecule has 2 aliphatic heterocycles. The summed E-state index contributed by atoms with van der Waals surface area (Å²) >= 11 is 3.29. The van der Waals surface area contributed by atoms with Gasteiger partial charge in [-0.05, 0) is 62.5 Å². The fraction of sp³-hybridized carbons (Fsp3) is 0.462. The number of aliphatic imine (C=N–C) groups is 1. The molecule has 3 rings (SSSR count). The molecule has 172 valence electrons. The lowest BCUT2D eigenvalue weighted by molar-refractivity contribution is -0.125. The van der Waals surface area contributed by atoms with E-state index in [4.69, 9.17) is 4.99 Å². The smallest absolute Gasteiger partial charge is 0.272 e. The monoisotopic (exact) mass is 501 g/mol. The number of carbonyl (C=O) groups excluding carboxylic acids is 1. The first-order chi connectivity index (χ1) is 15.3. The molecule has 0 radical (unpaired) electrons. The van der Waals surface area contributed by atoms with Crippen LogP contribution in [-0.4, -0.2) is 41.1 Å². The van der Waals surface area contributed by atoms with Crippen LogP contribution in [0.3, 0.4) is 0 Å². The van der Waals surface area contributed by atoms with Crippen molar-refractivity contribution in [3.63, 3.8) is 0 Å². The van der Waals surface area contributed by atoms with E-state index < -0.39 is 0 Å². The number of halogens is 2. The third kappa shape index (κ3) is 5.77. The van der Waals surface area contributed by atoms with Crippen LogP contribution in [0.25, 0.3) is 5.57 Å². The summed E-state index contributed by atoms with van der Waals surface area (Å²) < 4.78 is 15.2. The van der Waals surface area contributed by atoms with Gasteiger partial charge in [-0.2, -0.15) is 0 Å². The maximum atomic E-state index is 14.5. The molecule has 1 unspecified atom stereocenters. The van der Waals surface area contributed by atoms with Gasteiger partial charge in [-0.1, -0.05) is 54.8 Å². The van der Waals surface area contributed by atoms with Crippen LogP contribution in [0, 0.1) is 5.82 Å². The molecule has 0 aliphatic carbocycles. The Kier molecular flexibility index (Phi) is 8.46. The van der Waals surface area contributed by atoms with Crippen molar-refractivity contribution in [3.05, 3.63) is 64.3 Å². The molecule has 0 bridgehead atoms. The van der Waals surface area contributed by atoms with Gasteiger partial charge in [0, 0.05) is 35.4 Å². The standard InChI is InChI=1S/C26H33BrFN3O/c1-5-6-11-21-17-24(26(32)31-14-9-7-8-10-19(31)3)29-25(30(21)4)15-18(2)22-13-12-20(27)16-23(22)28/h12-13,15-17,19H,2,5-11,14H2,1,3-4H3/b25-15-. The van der Waals surface area contributed by atoms with Crippen molar-refractivity contribution < 1.29 is 9.18 Å². The molecular formula is C26H33BrFN3O. The van der Waals surface area contributed by atoms with Crippen LogP contribution in [0.15, 0.2) is 57.9 Å². The van der Waals surface area contributed by atoms with Crippen molar-refractivity contribution >= 4 is 33.1 Å². The molecule has 4 nitrogen and oxygen atoms in total. The van der Waals surface area contributed by atoms with E-state index in [0.29, 0.717) is 27.1 Å². The average Bonchev–Trinajstić information content (AvgIpc) is 2.97. The first-order valence-corrected chi connectivity index (χ1v) is 12.3. The Labute approximate surface area is 199 Å². The van der Waals surface area contributed by atoms with Crippen molar-refractivity contribution in [2.75, 3.05) is 13.6 Å². The van der Waals surface area contributed by atoms with Gasteiger partial charge in [-0.15, -0.1) is 0 Å². The van der Waals surface area contributed by atoms with E-state index in [1.54, 1.807) is 18.2 Å². The molecule has 32 heavy (non-hydrogen) atoms. The number of hydrogen-bond donors (Lipinski definition) is 0. The molecule has 1 amide bonds. The molecule has 6 heteroatoms. The molecule has 1 aromatic rings. The maximum absolute atomic E-state index is 14.5. The van der Waals surface area contributed by atoms with Crippen molar-refractivity contribution in [2.24, 2.45) is 4.99 Å². The summed E-state index contributed by atoms with van der Waals surface area (Å²) in [5, 5.41) is 0. The zero-order chi connectivity index (χ0) is 23.3. The minimum absolute atomic E-state index is 0.0205. The maximum Gasteiger partial charge on any atom is 0.272 e. The lowest BCUT2D eigenvalue weighted by Gasteiger charge is -2.31. The number of amides is 1. The van der Waals surface area contributed by atoms with Gasteiger partial charge >= 0.3 is 0 Å². The van der Waals surface area contributed by atoms with E-state index in [2.05, 4.69) is 36.4 Å². The van der Waals surface area contributed by atoms with Crippen molar-refractivity contribution in [2.45, 2.75) is 64.8 Å². The van der Waals surface area contributed by atoms with E-state index in [1.807, 2.05) is 22.9 Å². The van der Waals surface area contributed by atoms with E-state index >= 15 is 0 Å². The molecule has 2 heterocycles. The van der Waals surface area contributed by atoms with Crippen LogP contribution in [0.4, 0.5) is 4.39 Å². The molecule has 1 saturated heterocycles. The Bertz CT molecular complexity index is 966. The van der Waals surface area contributed by atoms with Gasteiger partial charge in [0.2, 0.25) is 0 Å². The van der Waals surface area contributed by atoms with E-state index in [9.17, 15) is 9.18 Å². The number of nitrogens with zero attached hydrogens (tertiary/aromatic N) is 3. The Balaban J connectivity index is 1.96. The Hall–Kier alpha value is -2.21. The van der Waals surface area contributed by atoms with Crippen molar-refractivity contribution in [3.8, 4) is 0 Å². The summed E-state index contributed by atoms with van der Waals surface area (Å²) in [6, 6.07) is 5.12. The highest BCUT2D eigenvalue weighted by molar-refractivity contribution is 9.10. The number of likely N-dealkylation sites (tertiary alicyclic amines) is 1. The van der Waals surface area contributed by atoms with Gasteiger partial charge in [0.25, 0.3) is 5.91 Å². The highest BCUT2D eigenvalue weighted by Crippen LogP contribution is 2.28. The van der Waals surface area contributed by atoms with E-state index in [-0.39, 0.29) is 17.8 Å². The van der Waals surface area contributed by atoms with Crippen LogP contribution >= 0.6 is 15.9 Å². The quantitative estimate of drug-likeness (QED) is 0.434. The number of rotatable bonds is 6. The first kappa shape index (κ1) is 24.4. The van der Waals surface area contributed by atoms with Gasteiger partial charge in [-0.3, -0.25) is 4.79 Å². The minimum atomic E-state index is -0.347. The molecule has 2 aliphatic rings. The number of hydrogen-bond acceptors (Lipinski definition) is 3. The van der Waals surface area contributed by atoms with E-state index in [0.717, 1.165) is 57.2 Å². The molecule has 0 saturated carbocycles. The van der Waals surface area contributed by atoms with Gasteiger partial charge < -0.3 is 9.80 Å². The first-order valence-electron chi connectivity index (χ1n) is 11.5. The highest BCUT2D eigenvalue weighted by Gasteiger charge is 2.28. The molecule has 1 atom stereocenters.